The topological polar surface area (TPSA) is 60.5 Å². The van der Waals surface area contributed by atoms with Gasteiger partial charge < -0.3 is 14.8 Å². The second-order valence-electron chi connectivity index (χ2n) is 5.70. The molecule has 134 valence electrons. The van der Waals surface area contributed by atoms with Crippen LogP contribution in [0.3, 0.4) is 0 Å². The number of aromatic nitrogens is 1. The number of carbonyl (C=O) groups is 1. The van der Waals surface area contributed by atoms with E-state index in [0.29, 0.717) is 11.4 Å². The molecule has 0 aliphatic heterocycles. The zero-order valence-corrected chi connectivity index (χ0v) is 15.7. The Morgan fingerprint density at radius 2 is 1.81 bits per heavy atom. The largest absolute Gasteiger partial charge is 0.497 e. The van der Waals surface area contributed by atoms with Crippen LogP contribution in [0.1, 0.15) is 20.9 Å². The SMILES string of the molecule is COc1ccc(-c2nc(C)c(C(=O)NCc3cccc(OC)c3)s2)cc1. The van der Waals surface area contributed by atoms with E-state index in [9.17, 15) is 4.79 Å². The van der Waals surface area contributed by atoms with Crippen LogP contribution < -0.4 is 14.8 Å². The van der Waals surface area contributed by atoms with Gasteiger partial charge in [-0.05, 0) is 48.9 Å². The maximum absolute atomic E-state index is 12.5. The van der Waals surface area contributed by atoms with E-state index in [1.165, 1.54) is 11.3 Å². The van der Waals surface area contributed by atoms with Crippen LogP contribution in [-0.2, 0) is 6.54 Å². The number of benzene rings is 2. The van der Waals surface area contributed by atoms with Gasteiger partial charge in [0.15, 0.2) is 0 Å². The molecule has 0 saturated carbocycles. The number of thiazole rings is 1. The van der Waals surface area contributed by atoms with E-state index < -0.39 is 0 Å². The summed E-state index contributed by atoms with van der Waals surface area (Å²) in [5.41, 5.74) is 2.67. The zero-order valence-electron chi connectivity index (χ0n) is 14.9. The van der Waals surface area contributed by atoms with Gasteiger partial charge in [-0.2, -0.15) is 0 Å². The predicted octanol–water partition coefficient (Wildman–Crippen LogP) is 4.07. The van der Waals surface area contributed by atoms with E-state index in [4.69, 9.17) is 9.47 Å². The van der Waals surface area contributed by atoms with E-state index in [1.807, 2.05) is 55.5 Å². The third kappa shape index (κ3) is 4.03. The van der Waals surface area contributed by atoms with Crippen molar-refractivity contribution in [1.82, 2.24) is 10.3 Å². The van der Waals surface area contributed by atoms with Crippen LogP contribution in [-0.4, -0.2) is 25.1 Å². The van der Waals surface area contributed by atoms with Crippen molar-refractivity contribution in [3.05, 3.63) is 64.7 Å². The molecule has 0 atom stereocenters. The van der Waals surface area contributed by atoms with Gasteiger partial charge in [0.1, 0.15) is 21.4 Å². The van der Waals surface area contributed by atoms with E-state index in [1.54, 1.807) is 14.2 Å². The van der Waals surface area contributed by atoms with Crippen molar-refractivity contribution >= 4 is 17.2 Å². The third-order valence-electron chi connectivity index (χ3n) is 3.93. The van der Waals surface area contributed by atoms with Crippen LogP contribution in [0.15, 0.2) is 48.5 Å². The molecule has 3 rings (SSSR count). The summed E-state index contributed by atoms with van der Waals surface area (Å²) in [6.07, 6.45) is 0. The maximum atomic E-state index is 12.5. The number of hydrogen-bond acceptors (Lipinski definition) is 5. The second-order valence-corrected chi connectivity index (χ2v) is 6.70. The molecule has 0 bridgehead atoms. The third-order valence-corrected chi connectivity index (χ3v) is 5.13. The average molecular weight is 368 g/mol. The first-order valence-electron chi connectivity index (χ1n) is 8.13. The minimum Gasteiger partial charge on any atom is -0.497 e. The molecule has 0 fully saturated rings. The maximum Gasteiger partial charge on any atom is 0.263 e. The summed E-state index contributed by atoms with van der Waals surface area (Å²) < 4.78 is 10.4. The van der Waals surface area contributed by atoms with Crippen LogP contribution in [0.4, 0.5) is 0 Å². The number of nitrogens with zero attached hydrogens (tertiary/aromatic N) is 1. The molecule has 1 aromatic heterocycles. The van der Waals surface area contributed by atoms with Crippen molar-refractivity contribution in [3.63, 3.8) is 0 Å². The minimum absolute atomic E-state index is 0.123. The highest BCUT2D eigenvalue weighted by Crippen LogP contribution is 2.29. The lowest BCUT2D eigenvalue weighted by Gasteiger charge is -2.06. The first-order valence-corrected chi connectivity index (χ1v) is 8.95. The van der Waals surface area contributed by atoms with Gasteiger partial charge in [-0.15, -0.1) is 11.3 Å². The molecule has 0 radical (unpaired) electrons. The van der Waals surface area contributed by atoms with Crippen molar-refractivity contribution in [3.8, 4) is 22.1 Å². The van der Waals surface area contributed by atoms with Crippen LogP contribution in [0.5, 0.6) is 11.5 Å². The summed E-state index contributed by atoms with van der Waals surface area (Å²) in [4.78, 5) is 17.7. The highest BCUT2D eigenvalue weighted by molar-refractivity contribution is 7.17. The van der Waals surface area contributed by atoms with Crippen molar-refractivity contribution in [2.24, 2.45) is 0 Å². The lowest BCUT2D eigenvalue weighted by molar-refractivity contribution is 0.0954. The molecule has 0 unspecified atom stereocenters. The number of carbonyl (C=O) groups excluding carboxylic acids is 1. The van der Waals surface area contributed by atoms with Gasteiger partial charge in [-0.3, -0.25) is 4.79 Å². The molecule has 3 aromatic rings. The molecule has 5 nitrogen and oxygen atoms in total. The first-order chi connectivity index (χ1) is 12.6. The van der Waals surface area contributed by atoms with Crippen molar-refractivity contribution in [2.75, 3.05) is 14.2 Å². The standard InChI is InChI=1S/C20H20N2O3S/c1-13-18(19(23)21-12-14-5-4-6-17(11-14)25-3)26-20(22-13)15-7-9-16(24-2)10-8-15/h4-11H,12H2,1-3H3,(H,21,23). The summed E-state index contributed by atoms with van der Waals surface area (Å²) in [6.45, 7) is 2.29. The minimum atomic E-state index is -0.123. The number of methoxy groups -OCH3 is 2. The van der Waals surface area contributed by atoms with Gasteiger partial charge in [0.05, 0.1) is 19.9 Å². The molecule has 2 aromatic carbocycles. The Labute approximate surface area is 156 Å². The van der Waals surface area contributed by atoms with E-state index in [-0.39, 0.29) is 5.91 Å². The van der Waals surface area contributed by atoms with E-state index in [2.05, 4.69) is 10.3 Å². The number of amides is 1. The highest BCUT2D eigenvalue weighted by Gasteiger charge is 2.16. The van der Waals surface area contributed by atoms with Crippen molar-refractivity contribution < 1.29 is 14.3 Å². The summed E-state index contributed by atoms with van der Waals surface area (Å²) in [5, 5.41) is 3.76. The fourth-order valence-electron chi connectivity index (χ4n) is 2.51. The van der Waals surface area contributed by atoms with Gasteiger partial charge in [0.25, 0.3) is 5.91 Å². The lowest BCUT2D eigenvalue weighted by Crippen LogP contribution is -2.22. The van der Waals surface area contributed by atoms with Crippen LogP contribution in [0.2, 0.25) is 0 Å². The monoisotopic (exact) mass is 368 g/mol. The Morgan fingerprint density at radius 3 is 2.50 bits per heavy atom. The zero-order chi connectivity index (χ0) is 18.5. The Hall–Kier alpha value is -2.86. The molecule has 1 N–H and O–H groups in total. The Morgan fingerprint density at radius 1 is 1.08 bits per heavy atom. The van der Waals surface area contributed by atoms with Gasteiger partial charge in [0, 0.05) is 12.1 Å². The Kier molecular flexibility index (Phi) is 5.53. The van der Waals surface area contributed by atoms with Crippen LogP contribution in [0, 0.1) is 6.92 Å². The van der Waals surface area contributed by atoms with E-state index >= 15 is 0 Å². The van der Waals surface area contributed by atoms with Crippen LogP contribution in [0.25, 0.3) is 10.6 Å². The second kappa shape index (κ2) is 8.01. The lowest BCUT2D eigenvalue weighted by atomic mass is 10.2. The fourth-order valence-corrected chi connectivity index (χ4v) is 3.50. The van der Waals surface area contributed by atoms with E-state index in [0.717, 1.165) is 33.3 Å². The molecule has 26 heavy (non-hydrogen) atoms. The van der Waals surface area contributed by atoms with Gasteiger partial charge >= 0.3 is 0 Å². The first kappa shape index (κ1) is 17.9. The normalized spacial score (nSPS) is 10.4. The van der Waals surface area contributed by atoms with Gasteiger partial charge in [-0.1, -0.05) is 12.1 Å². The van der Waals surface area contributed by atoms with Crippen molar-refractivity contribution in [2.45, 2.75) is 13.5 Å². The molecular weight excluding hydrogens is 348 g/mol. The molecule has 0 aliphatic carbocycles. The number of rotatable bonds is 6. The fraction of sp³-hybridized carbons (Fsp3) is 0.200. The number of nitrogens with one attached hydrogen (secondary N) is 1. The number of hydrogen-bond donors (Lipinski definition) is 1. The van der Waals surface area contributed by atoms with Gasteiger partial charge in [0.2, 0.25) is 0 Å². The predicted molar refractivity (Wildman–Crippen MR) is 103 cm³/mol. The molecule has 6 heteroatoms. The summed E-state index contributed by atoms with van der Waals surface area (Å²) in [5.74, 6) is 1.44. The summed E-state index contributed by atoms with van der Waals surface area (Å²) >= 11 is 1.39. The highest BCUT2D eigenvalue weighted by atomic mass is 32.1. The molecule has 0 spiro atoms. The number of ether oxygens (including phenoxy) is 2. The average Bonchev–Trinajstić information content (AvgIpc) is 3.08. The molecule has 1 amide bonds. The van der Waals surface area contributed by atoms with Crippen LogP contribution >= 0.6 is 11.3 Å². The molecular formula is C20H20N2O3S. The Bertz CT molecular complexity index is 904. The van der Waals surface area contributed by atoms with Gasteiger partial charge in [-0.25, -0.2) is 4.98 Å². The smallest absolute Gasteiger partial charge is 0.263 e. The van der Waals surface area contributed by atoms with Crippen molar-refractivity contribution in [1.29, 1.82) is 0 Å². The summed E-state index contributed by atoms with van der Waals surface area (Å²) in [6, 6.07) is 15.3. The number of aryl methyl sites for hydroxylation is 1. The molecule has 1 heterocycles. The molecule has 0 saturated heterocycles. The quantitative estimate of drug-likeness (QED) is 0.713. The molecule has 0 aliphatic rings. The Balaban J connectivity index is 1.72. The summed E-state index contributed by atoms with van der Waals surface area (Å²) in [7, 11) is 3.26.